The third kappa shape index (κ3) is 5.20. The van der Waals surface area contributed by atoms with Gasteiger partial charge in [-0.3, -0.25) is 4.79 Å². The summed E-state index contributed by atoms with van der Waals surface area (Å²) < 4.78 is 5.82. The van der Waals surface area contributed by atoms with Crippen LogP contribution in [0.5, 0.6) is 28.7 Å². The second-order valence-corrected chi connectivity index (χ2v) is 8.19. The predicted molar refractivity (Wildman–Crippen MR) is 118 cm³/mol. The van der Waals surface area contributed by atoms with E-state index in [2.05, 4.69) is 19.9 Å². The molecule has 2 aromatic carbocycles. The molecule has 6 nitrogen and oxygen atoms in total. The predicted octanol–water partition coefficient (Wildman–Crippen LogP) is 5.45. The molecule has 0 unspecified atom stereocenters. The molecule has 0 spiro atoms. The Labute approximate surface area is 181 Å². The van der Waals surface area contributed by atoms with Gasteiger partial charge in [0.15, 0.2) is 5.78 Å². The molecule has 4 N–H and O–H groups in total. The van der Waals surface area contributed by atoms with Gasteiger partial charge in [-0.2, -0.15) is 0 Å². The first kappa shape index (κ1) is 22.3. The summed E-state index contributed by atoms with van der Waals surface area (Å²) in [7, 11) is 0. The molecule has 6 heteroatoms. The van der Waals surface area contributed by atoms with E-state index in [1.165, 1.54) is 23.3 Å². The Kier molecular flexibility index (Phi) is 6.59. The van der Waals surface area contributed by atoms with E-state index in [1.54, 1.807) is 6.07 Å². The molecule has 0 bridgehead atoms. The van der Waals surface area contributed by atoms with Crippen molar-refractivity contribution in [1.82, 2.24) is 0 Å². The van der Waals surface area contributed by atoms with E-state index >= 15 is 0 Å². The lowest BCUT2D eigenvalue weighted by Gasteiger charge is -2.27. The molecule has 1 heterocycles. The fraction of sp³-hybridized carbons (Fsp3) is 0.320. The first-order valence-electron chi connectivity index (χ1n) is 10.2. The van der Waals surface area contributed by atoms with E-state index in [4.69, 9.17) is 4.74 Å². The summed E-state index contributed by atoms with van der Waals surface area (Å²) in [6.45, 7) is 6.17. The van der Waals surface area contributed by atoms with Gasteiger partial charge in [0, 0.05) is 23.8 Å². The van der Waals surface area contributed by atoms with Gasteiger partial charge in [-0.25, -0.2) is 0 Å². The second-order valence-electron chi connectivity index (χ2n) is 8.19. The molecule has 31 heavy (non-hydrogen) atoms. The third-order valence-corrected chi connectivity index (χ3v) is 5.32. The van der Waals surface area contributed by atoms with Crippen LogP contribution in [0.3, 0.4) is 0 Å². The molecular formula is C25H28O6. The Balaban J connectivity index is 1.84. The maximum Gasteiger partial charge on any atom is 0.174 e. The van der Waals surface area contributed by atoms with E-state index in [1.807, 2.05) is 13.0 Å². The molecule has 164 valence electrons. The standard InChI is InChI=1S/C25H28O6/c1-14(2)5-4-6-15(3)7-8-16-9-18(20(28)12-19(16)27)23-13-22(30)25-21(29)10-17(26)11-24(25)31-23/h5,7,9-12,23,26-29H,4,6,8,13H2,1-3H3/b15-7+/t23-/m0/s1. The largest absolute Gasteiger partial charge is 0.508 e. The second kappa shape index (κ2) is 9.16. The van der Waals surface area contributed by atoms with Crippen LogP contribution in [0.1, 0.15) is 67.6 Å². The van der Waals surface area contributed by atoms with Crippen LogP contribution in [0.25, 0.3) is 0 Å². The maximum absolute atomic E-state index is 12.6. The number of fused-ring (bicyclic) bond motifs is 1. The van der Waals surface area contributed by atoms with Gasteiger partial charge in [-0.15, -0.1) is 0 Å². The first-order chi connectivity index (χ1) is 14.7. The highest BCUT2D eigenvalue weighted by Gasteiger charge is 2.32. The van der Waals surface area contributed by atoms with Crippen molar-refractivity contribution in [2.45, 2.75) is 52.6 Å². The monoisotopic (exact) mass is 424 g/mol. The van der Waals surface area contributed by atoms with Crippen molar-refractivity contribution in [2.24, 2.45) is 0 Å². The molecule has 1 aliphatic heterocycles. The minimum absolute atomic E-state index is 0.0162. The number of aromatic hydroxyl groups is 4. The lowest BCUT2D eigenvalue weighted by molar-refractivity contribution is 0.0842. The van der Waals surface area contributed by atoms with Crippen LogP contribution in [0.15, 0.2) is 47.6 Å². The summed E-state index contributed by atoms with van der Waals surface area (Å²) in [5.41, 5.74) is 3.46. The zero-order chi connectivity index (χ0) is 22.7. The zero-order valence-electron chi connectivity index (χ0n) is 18.0. The molecule has 0 amide bonds. The van der Waals surface area contributed by atoms with E-state index in [9.17, 15) is 25.2 Å². The molecule has 0 fully saturated rings. The molecule has 2 aromatic rings. The van der Waals surface area contributed by atoms with Crippen molar-refractivity contribution >= 4 is 5.78 Å². The Morgan fingerprint density at radius 2 is 1.74 bits per heavy atom. The van der Waals surface area contributed by atoms with E-state index in [0.717, 1.165) is 18.9 Å². The third-order valence-electron chi connectivity index (χ3n) is 5.32. The normalized spacial score (nSPS) is 15.9. The van der Waals surface area contributed by atoms with Crippen molar-refractivity contribution in [3.8, 4) is 28.7 Å². The molecule has 0 radical (unpaired) electrons. The lowest BCUT2D eigenvalue weighted by atomic mass is 9.93. The summed E-state index contributed by atoms with van der Waals surface area (Å²) in [5, 5.41) is 40.3. The number of hydrogen-bond donors (Lipinski definition) is 4. The Hall–Kier alpha value is -3.41. The van der Waals surface area contributed by atoms with Crippen LogP contribution in [-0.2, 0) is 6.42 Å². The summed E-state index contributed by atoms with van der Waals surface area (Å²) >= 11 is 0. The minimum atomic E-state index is -0.803. The van der Waals surface area contributed by atoms with Gasteiger partial charge in [0.2, 0.25) is 0 Å². The molecule has 0 aliphatic carbocycles. The Morgan fingerprint density at radius 1 is 1.00 bits per heavy atom. The van der Waals surface area contributed by atoms with Crippen molar-refractivity contribution in [3.63, 3.8) is 0 Å². The van der Waals surface area contributed by atoms with Crippen LogP contribution in [0.4, 0.5) is 0 Å². The smallest absolute Gasteiger partial charge is 0.174 e. The highest BCUT2D eigenvalue weighted by Crippen LogP contribution is 2.44. The molecule has 0 aromatic heterocycles. The number of phenols is 4. The van der Waals surface area contributed by atoms with Crippen molar-refractivity contribution in [1.29, 1.82) is 0 Å². The molecule has 1 atom stereocenters. The van der Waals surface area contributed by atoms with Crippen molar-refractivity contribution in [3.05, 3.63) is 64.3 Å². The maximum atomic E-state index is 12.6. The van der Waals surface area contributed by atoms with Gasteiger partial charge in [0.05, 0.1) is 6.42 Å². The average molecular weight is 424 g/mol. The number of benzene rings is 2. The highest BCUT2D eigenvalue weighted by molar-refractivity contribution is 6.02. The van der Waals surface area contributed by atoms with Crippen molar-refractivity contribution in [2.75, 3.05) is 0 Å². The summed E-state index contributed by atoms with van der Waals surface area (Å²) in [5.74, 6) is -1.09. The zero-order valence-corrected chi connectivity index (χ0v) is 18.0. The van der Waals surface area contributed by atoms with Crippen LogP contribution < -0.4 is 4.74 Å². The van der Waals surface area contributed by atoms with E-state index in [-0.39, 0.29) is 46.5 Å². The van der Waals surface area contributed by atoms with Gasteiger partial charge in [0.1, 0.15) is 40.4 Å². The van der Waals surface area contributed by atoms with Gasteiger partial charge >= 0.3 is 0 Å². The number of carbonyl (C=O) groups excluding carboxylic acids is 1. The van der Waals surface area contributed by atoms with Gasteiger partial charge in [-0.1, -0.05) is 23.3 Å². The quantitative estimate of drug-likeness (QED) is 0.459. The van der Waals surface area contributed by atoms with Crippen LogP contribution in [0.2, 0.25) is 0 Å². The van der Waals surface area contributed by atoms with Gasteiger partial charge in [-0.05, 0) is 51.7 Å². The van der Waals surface area contributed by atoms with Crippen molar-refractivity contribution < 1.29 is 30.0 Å². The average Bonchev–Trinajstić information content (AvgIpc) is 2.66. The van der Waals surface area contributed by atoms with Crippen LogP contribution >= 0.6 is 0 Å². The van der Waals surface area contributed by atoms with E-state index in [0.29, 0.717) is 17.5 Å². The Morgan fingerprint density at radius 3 is 2.45 bits per heavy atom. The first-order valence-corrected chi connectivity index (χ1v) is 10.2. The number of rotatable bonds is 6. The number of Topliss-reactive ketones (excluding diaryl/α,β-unsaturated/α-hetero) is 1. The molecule has 1 aliphatic rings. The summed E-state index contributed by atoms with van der Waals surface area (Å²) in [6.07, 6.45) is 5.67. The molecule has 0 saturated carbocycles. The lowest BCUT2D eigenvalue weighted by Crippen LogP contribution is -2.20. The molecule has 3 rings (SSSR count). The van der Waals surface area contributed by atoms with Gasteiger partial charge < -0.3 is 25.2 Å². The summed E-state index contributed by atoms with van der Waals surface area (Å²) in [4.78, 5) is 12.6. The van der Waals surface area contributed by atoms with E-state index < -0.39 is 6.10 Å². The highest BCUT2D eigenvalue weighted by atomic mass is 16.5. The van der Waals surface area contributed by atoms with Gasteiger partial charge in [0.25, 0.3) is 0 Å². The Bertz CT molecular complexity index is 1060. The number of hydrogen-bond acceptors (Lipinski definition) is 6. The fourth-order valence-corrected chi connectivity index (χ4v) is 3.64. The summed E-state index contributed by atoms with van der Waals surface area (Å²) in [6, 6.07) is 5.23. The number of ketones is 1. The number of ether oxygens (including phenoxy) is 1. The number of carbonyl (C=O) groups is 1. The molecular weight excluding hydrogens is 396 g/mol. The number of allylic oxidation sites excluding steroid dienone is 4. The van der Waals surface area contributed by atoms with Crippen LogP contribution in [-0.4, -0.2) is 26.2 Å². The SMILES string of the molecule is CC(C)=CCC/C(C)=C/Cc1cc([C@@H]2CC(=O)c3c(O)cc(O)cc3O2)c(O)cc1O. The number of phenolic OH excluding ortho intramolecular Hbond substituents is 4. The minimum Gasteiger partial charge on any atom is -0.508 e. The fourth-order valence-electron chi connectivity index (χ4n) is 3.64. The van der Waals surface area contributed by atoms with Crippen LogP contribution in [0, 0.1) is 0 Å². The topological polar surface area (TPSA) is 107 Å². The molecule has 0 saturated heterocycles.